The van der Waals surface area contributed by atoms with Crippen LogP contribution in [-0.4, -0.2) is 33.9 Å². The van der Waals surface area contributed by atoms with Crippen molar-refractivity contribution in [2.75, 3.05) is 13.1 Å². The zero-order valence-corrected chi connectivity index (χ0v) is 13.8. The third-order valence-electron chi connectivity index (χ3n) is 4.16. The van der Waals surface area contributed by atoms with Crippen molar-refractivity contribution in [2.24, 2.45) is 0 Å². The van der Waals surface area contributed by atoms with Gasteiger partial charge >= 0.3 is 0 Å². The number of pyridine rings is 1. The van der Waals surface area contributed by atoms with Gasteiger partial charge in [0.1, 0.15) is 16.5 Å². The van der Waals surface area contributed by atoms with Gasteiger partial charge in [0.25, 0.3) is 5.91 Å². The maximum Gasteiger partial charge on any atom is 0.271 e. The van der Waals surface area contributed by atoms with Gasteiger partial charge in [0.05, 0.1) is 4.90 Å². The molecule has 0 atom stereocenters. The lowest BCUT2D eigenvalue weighted by Gasteiger charge is -2.15. The molecule has 0 saturated carbocycles. The highest BCUT2D eigenvalue weighted by Gasteiger charge is 2.25. The summed E-state index contributed by atoms with van der Waals surface area (Å²) in [6.07, 6.45) is 3.77. The van der Waals surface area contributed by atoms with Crippen molar-refractivity contribution in [1.82, 2.24) is 14.9 Å². The van der Waals surface area contributed by atoms with E-state index in [1.54, 1.807) is 12.3 Å². The summed E-state index contributed by atoms with van der Waals surface area (Å²) in [4.78, 5) is 23.0. The normalized spacial score (nSPS) is 14.5. The van der Waals surface area contributed by atoms with Gasteiger partial charge < -0.3 is 9.88 Å². The number of rotatable bonds is 3. The number of likely N-dealkylation sites (tertiary alicyclic amines) is 1. The van der Waals surface area contributed by atoms with Crippen LogP contribution >= 0.6 is 11.8 Å². The fourth-order valence-corrected chi connectivity index (χ4v) is 3.97. The average molecular weight is 341 g/mol. The van der Waals surface area contributed by atoms with Crippen LogP contribution in [0.1, 0.15) is 23.3 Å². The summed E-state index contributed by atoms with van der Waals surface area (Å²) in [5.74, 6) is -0.341. The molecule has 1 saturated heterocycles. The molecule has 1 aliphatic heterocycles. The molecule has 1 aliphatic rings. The Morgan fingerprint density at radius 3 is 2.79 bits per heavy atom. The quantitative estimate of drug-likeness (QED) is 0.780. The number of halogens is 1. The fraction of sp³-hybridized carbons (Fsp3) is 0.222. The minimum Gasteiger partial charge on any atom is -0.350 e. The van der Waals surface area contributed by atoms with Crippen LogP contribution in [0.15, 0.2) is 52.5 Å². The van der Waals surface area contributed by atoms with E-state index in [1.807, 2.05) is 23.1 Å². The van der Waals surface area contributed by atoms with E-state index in [-0.39, 0.29) is 11.7 Å². The van der Waals surface area contributed by atoms with Crippen molar-refractivity contribution in [3.63, 3.8) is 0 Å². The number of nitrogens with one attached hydrogen (secondary N) is 1. The average Bonchev–Trinajstić information content (AvgIpc) is 3.24. The zero-order chi connectivity index (χ0) is 16.5. The van der Waals surface area contributed by atoms with Gasteiger partial charge in [-0.25, -0.2) is 9.37 Å². The number of carbonyl (C=O) groups excluding carboxylic acids is 1. The molecule has 4 rings (SSSR count). The van der Waals surface area contributed by atoms with E-state index in [4.69, 9.17) is 0 Å². The molecule has 0 radical (unpaired) electrons. The van der Waals surface area contributed by atoms with Crippen LogP contribution in [0, 0.1) is 5.82 Å². The number of fused-ring (bicyclic) bond motifs is 1. The second kappa shape index (κ2) is 6.28. The van der Waals surface area contributed by atoms with Crippen LogP contribution < -0.4 is 0 Å². The van der Waals surface area contributed by atoms with E-state index in [0.29, 0.717) is 11.1 Å². The maximum absolute atomic E-state index is 13.7. The molecule has 1 fully saturated rings. The monoisotopic (exact) mass is 341 g/mol. The van der Waals surface area contributed by atoms with Crippen LogP contribution in [0.25, 0.3) is 10.9 Å². The number of benzene rings is 1. The number of hydrogen-bond donors (Lipinski definition) is 1. The van der Waals surface area contributed by atoms with E-state index >= 15 is 0 Å². The third-order valence-corrected chi connectivity index (χ3v) is 5.24. The lowest BCUT2D eigenvalue weighted by atomic mass is 10.2. The Balaban J connectivity index is 1.82. The Morgan fingerprint density at radius 1 is 1.21 bits per heavy atom. The molecule has 3 aromatic rings. The molecule has 0 spiro atoms. The fourth-order valence-electron chi connectivity index (χ4n) is 2.99. The molecule has 1 aromatic carbocycles. The van der Waals surface area contributed by atoms with E-state index in [1.165, 1.54) is 23.9 Å². The van der Waals surface area contributed by atoms with Gasteiger partial charge in [-0.2, -0.15) is 0 Å². The number of carbonyl (C=O) groups is 1. The van der Waals surface area contributed by atoms with Crippen molar-refractivity contribution in [1.29, 1.82) is 0 Å². The van der Waals surface area contributed by atoms with Gasteiger partial charge in [-0.3, -0.25) is 4.79 Å². The molecule has 3 heterocycles. The first-order chi connectivity index (χ1) is 11.7. The first-order valence-corrected chi connectivity index (χ1v) is 8.73. The van der Waals surface area contributed by atoms with Gasteiger partial charge in [-0.15, -0.1) is 0 Å². The topological polar surface area (TPSA) is 49.0 Å². The van der Waals surface area contributed by atoms with Crippen LogP contribution in [0.2, 0.25) is 0 Å². The highest BCUT2D eigenvalue weighted by molar-refractivity contribution is 7.99. The van der Waals surface area contributed by atoms with Gasteiger partial charge in [0.2, 0.25) is 0 Å². The number of aromatic amines is 1. The van der Waals surface area contributed by atoms with Crippen LogP contribution in [0.3, 0.4) is 0 Å². The predicted molar refractivity (Wildman–Crippen MR) is 91.8 cm³/mol. The highest BCUT2D eigenvalue weighted by Crippen LogP contribution is 2.37. The lowest BCUT2D eigenvalue weighted by Crippen LogP contribution is -2.28. The second-order valence-electron chi connectivity index (χ2n) is 5.79. The van der Waals surface area contributed by atoms with E-state index in [0.717, 1.165) is 41.4 Å². The van der Waals surface area contributed by atoms with E-state index < -0.39 is 0 Å². The number of H-pyrrole nitrogens is 1. The lowest BCUT2D eigenvalue weighted by molar-refractivity contribution is 0.0784. The van der Waals surface area contributed by atoms with Crippen molar-refractivity contribution < 1.29 is 9.18 Å². The van der Waals surface area contributed by atoms with E-state index in [9.17, 15) is 9.18 Å². The van der Waals surface area contributed by atoms with Crippen molar-refractivity contribution in [3.8, 4) is 0 Å². The van der Waals surface area contributed by atoms with Crippen molar-refractivity contribution in [2.45, 2.75) is 22.8 Å². The summed E-state index contributed by atoms with van der Waals surface area (Å²) >= 11 is 1.39. The molecule has 0 aliphatic carbocycles. The Bertz CT molecular complexity index is 888. The summed E-state index contributed by atoms with van der Waals surface area (Å²) in [5, 5.41) is 1.49. The third kappa shape index (κ3) is 2.78. The van der Waals surface area contributed by atoms with Gasteiger partial charge in [0.15, 0.2) is 0 Å². The van der Waals surface area contributed by atoms with Gasteiger partial charge in [-0.05, 0) is 43.2 Å². The minimum absolute atomic E-state index is 0.0254. The first kappa shape index (κ1) is 15.2. The van der Waals surface area contributed by atoms with Gasteiger partial charge in [0, 0.05) is 30.2 Å². The largest absolute Gasteiger partial charge is 0.350 e. The molecule has 0 unspecified atom stereocenters. The van der Waals surface area contributed by atoms with Crippen molar-refractivity contribution >= 4 is 28.6 Å². The summed E-state index contributed by atoms with van der Waals surface area (Å²) < 4.78 is 13.7. The Morgan fingerprint density at radius 2 is 2.04 bits per heavy atom. The number of nitrogens with zero attached hydrogens (tertiary/aromatic N) is 2. The molecule has 6 heteroatoms. The Labute approximate surface area is 143 Å². The molecule has 0 bridgehead atoms. The van der Waals surface area contributed by atoms with Gasteiger partial charge in [-0.1, -0.05) is 17.8 Å². The molecule has 1 amide bonds. The highest BCUT2D eigenvalue weighted by atomic mass is 32.2. The maximum atomic E-state index is 13.7. The molecule has 122 valence electrons. The molecule has 2 aromatic heterocycles. The van der Waals surface area contributed by atoms with Crippen LogP contribution in [0.5, 0.6) is 0 Å². The van der Waals surface area contributed by atoms with Crippen molar-refractivity contribution in [3.05, 3.63) is 54.1 Å². The second-order valence-corrected chi connectivity index (χ2v) is 6.82. The smallest absolute Gasteiger partial charge is 0.271 e. The molecule has 4 nitrogen and oxygen atoms in total. The minimum atomic E-state index is -0.315. The van der Waals surface area contributed by atoms with Crippen LogP contribution in [0.4, 0.5) is 4.39 Å². The predicted octanol–water partition coefficient (Wildman–Crippen LogP) is 4.09. The molecular weight excluding hydrogens is 325 g/mol. The standard InChI is InChI=1S/C18H16FN3OS/c19-12-6-7-14-13(11-12)17(24-15-5-1-2-8-20-15)16(21-14)18(23)22-9-3-4-10-22/h1-2,5-8,11,21H,3-4,9-10H2. The summed E-state index contributed by atoms with van der Waals surface area (Å²) in [5.41, 5.74) is 1.28. The van der Waals surface area contributed by atoms with Crippen LogP contribution in [-0.2, 0) is 0 Å². The molecule has 1 N–H and O–H groups in total. The number of hydrogen-bond acceptors (Lipinski definition) is 3. The molecular formula is C18H16FN3OS. The number of aromatic nitrogens is 2. The van der Waals surface area contributed by atoms with E-state index in [2.05, 4.69) is 9.97 Å². The Hall–Kier alpha value is -2.34. The SMILES string of the molecule is O=C(c1[nH]c2ccc(F)cc2c1Sc1ccccn1)N1CCCC1. The zero-order valence-electron chi connectivity index (χ0n) is 13.0. The summed E-state index contributed by atoms with van der Waals surface area (Å²) in [6, 6.07) is 10.2. The first-order valence-electron chi connectivity index (χ1n) is 7.92. The molecule has 24 heavy (non-hydrogen) atoms. The summed E-state index contributed by atoms with van der Waals surface area (Å²) in [7, 11) is 0. The Kier molecular flexibility index (Phi) is 3.98. The summed E-state index contributed by atoms with van der Waals surface area (Å²) in [6.45, 7) is 1.55. The number of amides is 1.